The van der Waals surface area contributed by atoms with Crippen LogP contribution in [0.1, 0.15) is 5.56 Å². The molecular weight excluding hydrogens is 310 g/mol. The molecule has 114 valence electrons. The van der Waals surface area contributed by atoms with Gasteiger partial charge in [0.15, 0.2) is 0 Å². The van der Waals surface area contributed by atoms with Gasteiger partial charge in [0.2, 0.25) is 10.0 Å². The number of aliphatic hydroxyl groups is 1. The minimum Gasteiger partial charge on any atom is -0.495 e. The fourth-order valence-corrected chi connectivity index (χ4v) is 4.78. The number of hydrogen-bond donors (Lipinski definition) is 1. The van der Waals surface area contributed by atoms with Gasteiger partial charge in [-0.05, 0) is 18.2 Å². The molecule has 0 saturated carbocycles. The van der Waals surface area contributed by atoms with Crippen molar-refractivity contribution in [1.29, 1.82) is 0 Å². The first kappa shape index (κ1) is 16.2. The van der Waals surface area contributed by atoms with Crippen molar-refractivity contribution in [3.8, 4) is 17.6 Å². The van der Waals surface area contributed by atoms with E-state index in [2.05, 4.69) is 11.8 Å². The van der Waals surface area contributed by atoms with Crippen LogP contribution in [0.2, 0.25) is 0 Å². The average molecular weight is 327 g/mol. The van der Waals surface area contributed by atoms with Crippen molar-refractivity contribution in [1.82, 2.24) is 4.31 Å². The Hall–Kier alpha value is -1.20. The maximum absolute atomic E-state index is 12.7. The van der Waals surface area contributed by atoms with Crippen LogP contribution in [0.3, 0.4) is 0 Å². The van der Waals surface area contributed by atoms with Gasteiger partial charge >= 0.3 is 0 Å². The highest BCUT2D eigenvalue weighted by Crippen LogP contribution is 2.29. The Morgan fingerprint density at radius 3 is 2.71 bits per heavy atom. The van der Waals surface area contributed by atoms with Crippen LogP contribution in [0, 0.1) is 11.8 Å². The van der Waals surface area contributed by atoms with Crippen molar-refractivity contribution >= 4 is 21.8 Å². The summed E-state index contributed by atoms with van der Waals surface area (Å²) in [4.78, 5) is 0.127. The predicted molar refractivity (Wildman–Crippen MR) is 83.0 cm³/mol. The molecule has 0 spiro atoms. The van der Waals surface area contributed by atoms with Crippen LogP contribution in [0.4, 0.5) is 0 Å². The summed E-state index contributed by atoms with van der Waals surface area (Å²) in [7, 11) is -2.14. The number of nitrogens with zero attached hydrogens (tertiary/aromatic N) is 1. The maximum Gasteiger partial charge on any atom is 0.246 e. The zero-order valence-electron chi connectivity index (χ0n) is 11.7. The lowest BCUT2D eigenvalue weighted by Gasteiger charge is -2.26. The number of thioether (sulfide) groups is 1. The van der Waals surface area contributed by atoms with Gasteiger partial charge in [-0.1, -0.05) is 11.8 Å². The second-order valence-corrected chi connectivity index (χ2v) is 7.47. The highest BCUT2D eigenvalue weighted by Gasteiger charge is 2.29. The molecule has 2 rings (SSSR count). The molecule has 7 heteroatoms. The van der Waals surface area contributed by atoms with Crippen LogP contribution in [-0.4, -0.2) is 56.1 Å². The molecule has 0 radical (unpaired) electrons. The molecule has 1 fully saturated rings. The number of methoxy groups -OCH3 is 1. The van der Waals surface area contributed by atoms with Crippen molar-refractivity contribution in [3.63, 3.8) is 0 Å². The van der Waals surface area contributed by atoms with Gasteiger partial charge < -0.3 is 9.84 Å². The fourth-order valence-electron chi connectivity index (χ4n) is 2.02. The molecule has 1 aromatic carbocycles. The summed E-state index contributed by atoms with van der Waals surface area (Å²) in [5, 5.41) is 8.73. The smallest absolute Gasteiger partial charge is 0.246 e. The first-order valence-electron chi connectivity index (χ1n) is 6.45. The van der Waals surface area contributed by atoms with Crippen molar-refractivity contribution in [3.05, 3.63) is 23.8 Å². The van der Waals surface area contributed by atoms with E-state index in [9.17, 15) is 8.42 Å². The molecule has 21 heavy (non-hydrogen) atoms. The Morgan fingerprint density at radius 1 is 1.38 bits per heavy atom. The van der Waals surface area contributed by atoms with Gasteiger partial charge in [0.25, 0.3) is 0 Å². The number of sulfonamides is 1. The minimum atomic E-state index is -3.59. The number of aliphatic hydroxyl groups excluding tert-OH is 1. The third kappa shape index (κ3) is 3.71. The van der Waals surface area contributed by atoms with E-state index < -0.39 is 10.0 Å². The van der Waals surface area contributed by atoms with E-state index in [1.54, 1.807) is 23.9 Å². The van der Waals surface area contributed by atoms with Crippen molar-refractivity contribution in [2.75, 3.05) is 38.3 Å². The molecule has 5 nitrogen and oxygen atoms in total. The lowest BCUT2D eigenvalue weighted by atomic mass is 10.2. The van der Waals surface area contributed by atoms with Crippen molar-refractivity contribution < 1.29 is 18.3 Å². The number of benzene rings is 1. The van der Waals surface area contributed by atoms with Crippen molar-refractivity contribution in [2.45, 2.75) is 4.90 Å². The fraction of sp³-hybridized carbons (Fsp3) is 0.429. The van der Waals surface area contributed by atoms with E-state index in [1.165, 1.54) is 17.5 Å². The molecule has 1 saturated heterocycles. The molecule has 0 aromatic heterocycles. The minimum absolute atomic E-state index is 0.127. The topological polar surface area (TPSA) is 66.8 Å². The Bertz CT molecular complexity index is 655. The van der Waals surface area contributed by atoms with Crippen molar-refractivity contribution in [2.24, 2.45) is 0 Å². The van der Waals surface area contributed by atoms with Gasteiger partial charge in [-0.3, -0.25) is 0 Å². The van der Waals surface area contributed by atoms with Crippen LogP contribution in [-0.2, 0) is 10.0 Å². The third-order valence-electron chi connectivity index (χ3n) is 3.06. The van der Waals surface area contributed by atoms with E-state index in [4.69, 9.17) is 9.84 Å². The second kappa shape index (κ2) is 7.18. The van der Waals surface area contributed by atoms with Crippen LogP contribution in [0.15, 0.2) is 23.1 Å². The highest BCUT2D eigenvalue weighted by atomic mass is 32.2. The third-order valence-corrected chi connectivity index (χ3v) is 5.93. The van der Waals surface area contributed by atoms with Crippen LogP contribution in [0.5, 0.6) is 5.75 Å². The summed E-state index contributed by atoms with van der Waals surface area (Å²) in [5.74, 6) is 7.13. The molecule has 0 amide bonds. The quantitative estimate of drug-likeness (QED) is 0.831. The number of hydrogen-bond acceptors (Lipinski definition) is 5. The molecule has 0 atom stereocenters. The van der Waals surface area contributed by atoms with Crippen LogP contribution in [0.25, 0.3) is 0 Å². The summed E-state index contributed by atoms with van der Waals surface area (Å²) >= 11 is 1.75. The number of rotatable bonds is 3. The zero-order chi connectivity index (χ0) is 15.3. The summed E-state index contributed by atoms with van der Waals surface area (Å²) in [6, 6.07) is 4.76. The highest BCUT2D eigenvalue weighted by molar-refractivity contribution is 7.99. The Morgan fingerprint density at radius 2 is 2.10 bits per heavy atom. The summed E-state index contributed by atoms with van der Waals surface area (Å²) in [6.07, 6.45) is 0. The molecule has 1 aliphatic rings. The normalized spacial score (nSPS) is 16.1. The SMILES string of the molecule is COc1ccc(C#CCO)cc1S(=O)(=O)N1CCSCC1. The van der Waals surface area contributed by atoms with Gasteiger partial charge in [0.05, 0.1) is 7.11 Å². The molecule has 0 unspecified atom stereocenters. The Labute approximate surface area is 129 Å². The molecule has 1 N–H and O–H groups in total. The standard InChI is InChI=1S/C14H17NO4S2/c1-19-13-5-4-12(3-2-8-16)11-14(13)21(17,18)15-6-9-20-10-7-15/h4-5,11,16H,6-10H2,1H3. The van der Waals surface area contributed by atoms with Crippen LogP contribution >= 0.6 is 11.8 Å². The van der Waals surface area contributed by atoms with E-state index in [1.807, 2.05) is 0 Å². The lowest BCUT2D eigenvalue weighted by Crippen LogP contribution is -2.38. The zero-order valence-corrected chi connectivity index (χ0v) is 13.3. The van der Waals surface area contributed by atoms with E-state index in [0.29, 0.717) is 24.4 Å². The van der Waals surface area contributed by atoms with E-state index in [-0.39, 0.29) is 11.5 Å². The molecule has 1 aromatic rings. The monoisotopic (exact) mass is 327 g/mol. The van der Waals surface area contributed by atoms with E-state index in [0.717, 1.165) is 11.5 Å². The van der Waals surface area contributed by atoms with E-state index >= 15 is 0 Å². The lowest BCUT2D eigenvalue weighted by molar-refractivity contribution is 0.350. The Kier molecular flexibility index (Phi) is 5.53. The maximum atomic E-state index is 12.7. The molecule has 1 aliphatic heterocycles. The van der Waals surface area contributed by atoms with Crippen LogP contribution < -0.4 is 4.74 Å². The largest absolute Gasteiger partial charge is 0.495 e. The number of ether oxygens (including phenoxy) is 1. The molecule has 0 aliphatic carbocycles. The molecule has 1 heterocycles. The summed E-state index contributed by atoms with van der Waals surface area (Å²) < 4.78 is 32.1. The summed E-state index contributed by atoms with van der Waals surface area (Å²) in [5.41, 5.74) is 0.537. The molecule has 0 bridgehead atoms. The summed E-state index contributed by atoms with van der Waals surface area (Å²) in [6.45, 7) is 0.739. The second-order valence-electron chi connectivity index (χ2n) is 4.34. The van der Waals surface area contributed by atoms with Gasteiger partial charge in [-0.2, -0.15) is 16.1 Å². The molecular formula is C14H17NO4S2. The van der Waals surface area contributed by atoms with Gasteiger partial charge in [-0.15, -0.1) is 0 Å². The average Bonchev–Trinajstić information content (AvgIpc) is 2.53. The predicted octanol–water partition coefficient (Wildman–Crippen LogP) is 0.776. The van der Waals surface area contributed by atoms with Gasteiger partial charge in [0, 0.05) is 30.2 Å². The van der Waals surface area contributed by atoms with Gasteiger partial charge in [-0.25, -0.2) is 8.42 Å². The van der Waals surface area contributed by atoms with Gasteiger partial charge in [0.1, 0.15) is 17.3 Å². The first-order valence-corrected chi connectivity index (χ1v) is 9.04. The first-order chi connectivity index (χ1) is 10.1. The Balaban J connectivity index is 2.44.